The second-order valence-electron chi connectivity index (χ2n) is 7.63. The maximum Gasteiger partial charge on any atom is 0.231 e. The summed E-state index contributed by atoms with van der Waals surface area (Å²) in [5.41, 5.74) is 1.38. The number of rotatable bonds is 2. The highest BCUT2D eigenvalue weighted by Gasteiger charge is 2.43. The molecule has 0 N–H and O–H groups in total. The standard InChI is InChI=1S/C19H25NO2/c1-2-16(19-18(3-1)21-12-22-19)14-6-8-20(9-7-14)17-11-13-4-5-15(17)10-13/h1-3,13-15,17H,4-12H2/t13-,15?,17?/m1/s1. The first-order valence-electron chi connectivity index (χ1n) is 9.01. The summed E-state index contributed by atoms with van der Waals surface area (Å²) in [5, 5.41) is 0. The third kappa shape index (κ3) is 2.05. The summed E-state index contributed by atoms with van der Waals surface area (Å²) in [7, 11) is 0. The van der Waals surface area contributed by atoms with Crippen molar-refractivity contribution >= 4 is 0 Å². The number of piperidine rings is 1. The summed E-state index contributed by atoms with van der Waals surface area (Å²) in [6.07, 6.45) is 8.54. The van der Waals surface area contributed by atoms with Crippen LogP contribution in [0.2, 0.25) is 0 Å². The molecule has 2 bridgehead atoms. The van der Waals surface area contributed by atoms with E-state index in [0.717, 1.165) is 29.4 Å². The Morgan fingerprint density at radius 1 is 0.955 bits per heavy atom. The van der Waals surface area contributed by atoms with Crippen LogP contribution in [0.25, 0.3) is 0 Å². The second-order valence-corrected chi connectivity index (χ2v) is 7.63. The predicted molar refractivity (Wildman–Crippen MR) is 85.3 cm³/mol. The van der Waals surface area contributed by atoms with Crippen LogP contribution in [0.1, 0.15) is 50.0 Å². The lowest BCUT2D eigenvalue weighted by Gasteiger charge is -2.39. The first kappa shape index (κ1) is 13.2. The molecule has 4 aliphatic rings. The van der Waals surface area contributed by atoms with Gasteiger partial charge in [0.25, 0.3) is 0 Å². The molecule has 0 aromatic heterocycles. The molecule has 1 saturated heterocycles. The van der Waals surface area contributed by atoms with Gasteiger partial charge in [-0.25, -0.2) is 0 Å². The van der Waals surface area contributed by atoms with Crippen LogP contribution in [0.15, 0.2) is 18.2 Å². The quantitative estimate of drug-likeness (QED) is 0.829. The van der Waals surface area contributed by atoms with Gasteiger partial charge in [-0.2, -0.15) is 0 Å². The van der Waals surface area contributed by atoms with E-state index in [4.69, 9.17) is 9.47 Å². The topological polar surface area (TPSA) is 21.7 Å². The Bertz CT molecular complexity index is 565. The molecule has 2 aliphatic carbocycles. The largest absolute Gasteiger partial charge is 0.454 e. The van der Waals surface area contributed by atoms with E-state index < -0.39 is 0 Å². The van der Waals surface area contributed by atoms with Crippen LogP contribution in [-0.2, 0) is 0 Å². The third-order valence-corrected chi connectivity index (χ3v) is 6.57. The maximum absolute atomic E-state index is 5.71. The molecule has 0 spiro atoms. The summed E-state index contributed by atoms with van der Waals surface area (Å²) in [4.78, 5) is 2.81. The van der Waals surface area contributed by atoms with Gasteiger partial charge in [-0.1, -0.05) is 18.6 Å². The Morgan fingerprint density at radius 2 is 1.86 bits per heavy atom. The number of benzene rings is 1. The molecule has 2 aliphatic heterocycles. The van der Waals surface area contributed by atoms with Crippen molar-refractivity contribution in [2.24, 2.45) is 11.8 Å². The summed E-state index contributed by atoms with van der Waals surface area (Å²) < 4.78 is 11.2. The Labute approximate surface area is 132 Å². The van der Waals surface area contributed by atoms with Gasteiger partial charge in [-0.05, 0) is 69.0 Å². The SMILES string of the molecule is c1cc2c(c(C3CCN(C4C[C@@H]5CCC4C5)CC3)c1)OCO2. The van der Waals surface area contributed by atoms with Crippen LogP contribution in [0, 0.1) is 11.8 Å². The normalized spacial score (nSPS) is 34.5. The van der Waals surface area contributed by atoms with Crippen molar-refractivity contribution in [3.63, 3.8) is 0 Å². The van der Waals surface area contributed by atoms with Crippen molar-refractivity contribution in [2.45, 2.75) is 50.5 Å². The molecule has 2 unspecified atom stereocenters. The predicted octanol–water partition coefficient (Wildman–Crippen LogP) is 3.78. The summed E-state index contributed by atoms with van der Waals surface area (Å²) in [6.45, 7) is 2.92. The van der Waals surface area contributed by atoms with Gasteiger partial charge in [-0.3, -0.25) is 0 Å². The third-order valence-electron chi connectivity index (χ3n) is 6.57. The van der Waals surface area contributed by atoms with Gasteiger partial charge in [-0.15, -0.1) is 0 Å². The maximum atomic E-state index is 5.71. The van der Waals surface area contributed by atoms with Gasteiger partial charge in [0.1, 0.15) is 0 Å². The van der Waals surface area contributed by atoms with Gasteiger partial charge in [0.2, 0.25) is 6.79 Å². The lowest BCUT2D eigenvalue weighted by Crippen LogP contribution is -2.43. The molecule has 1 aromatic carbocycles. The van der Waals surface area contributed by atoms with Crippen molar-refractivity contribution in [3.05, 3.63) is 23.8 Å². The van der Waals surface area contributed by atoms with Crippen LogP contribution in [0.4, 0.5) is 0 Å². The zero-order valence-corrected chi connectivity index (χ0v) is 13.2. The van der Waals surface area contributed by atoms with E-state index in [2.05, 4.69) is 17.0 Å². The van der Waals surface area contributed by atoms with E-state index in [-0.39, 0.29) is 0 Å². The van der Waals surface area contributed by atoms with E-state index in [1.807, 2.05) is 6.07 Å². The zero-order valence-electron chi connectivity index (χ0n) is 13.2. The van der Waals surface area contributed by atoms with Crippen molar-refractivity contribution in [3.8, 4) is 11.5 Å². The molecule has 3 nitrogen and oxygen atoms in total. The Hall–Kier alpha value is -1.22. The van der Waals surface area contributed by atoms with Crippen molar-refractivity contribution < 1.29 is 9.47 Å². The number of ether oxygens (including phenoxy) is 2. The Kier molecular flexibility index (Phi) is 3.10. The van der Waals surface area contributed by atoms with E-state index >= 15 is 0 Å². The number of hydrogen-bond acceptors (Lipinski definition) is 3. The molecule has 0 amide bonds. The minimum atomic E-state index is 0.385. The minimum absolute atomic E-state index is 0.385. The molecular weight excluding hydrogens is 274 g/mol. The summed E-state index contributed by atoms with van der Waals surface area (Å²) in [6, 6.07) is 7.29. The van der Waals surface area contributed by atoms with Crippen LogP contribution in [0.3, 0.4) is 0 Å². The molecule has 5 rings (SSSR count). The van der Waals surface area contributed by atoms with E-state index in [1.54, 1.807) is 0 Å². The fourth-order valence-corrected chi connectivity index (χ4v) is 5.47. The fourth-order valence-electron chi connectivity index (χ4n) is 5.47. The van der Waals surface area contributed by atoms with Crippen molar-refractivity contribution in [1.82, 2.24) is 4.90 Å². The molecule has 22 heavy (non-hydrogen) atoms. The highest BCUT2D eigenvalue weighted by Crippen LogP contribution is 2.48. The monoisotopic (exact) mass is 299 g/mol. The van der Waals surface area contributed by atoms with E-state index in [1.165, 1.54) is 57.2 Å². The molecule has 0 radical (unpaired) electrons. The van der Waals surface area contributed by atoms with Crippen LogP contribution in [0.5, 0.6) is 11.5 Å². The van der Waals surface area contributed by atoms with Gasteiger partial charge in [0.15, 0.2) is 11.5 Å². The molecule has 2 heterocycles. The highest BCUT2D eigenvalue weighted by molar-refractivity contribution is 5.49. The summed E-state index contributed by atoms with van der Waals surface area (Å²) >= 11 is 0. The van der Waals surface area contributed by atoms with Gasteiger partial charge in [0.05, 0.1) is 0 Å². The molecule has 3 heteroatoms. The fraction of sp³-hybridized carbons (Fsp3) is 0.684. The molecule has 3 fully saturated rings. The molecule has 3 atom stereocenters. The lowest BCUT2D eigenvalue weighted by atomic mass is 9.86. The zero-order chi connectivity index (χ0) is 14.5. The van der Waals surface area contributed by atoms with Crippen molar-refractivity contribution in [2.75, 3.05) is 19.9 Å². The van der Waals surface area contributed by atoms with E-state index in [9.17, 15) is 0 Å². The molecular formula is C19H25NO2. The first-order chi connectivity index (χ1) is 10.9. The summed E-state index contributed by atoms with van der Waals surface area (Å²) in [5.74, 6) is 4.66. The average Bonchev–Trinajstić information content (AvgIpc) is 3.30. The number of para-hydroxylation sites is 1. The number of likely N-dealkylation sites (tertiary alicyclic amines) is 1. The highest BCUT2D eigenvalue weighted by atomic mass is 16.7. The molecule has 118 valence electrons. The second kappa shape index (κ2) is 5.16. The van der Waals surface area contributed by atoms with Crippen LogP contribution < -0.4 is 9.47 Å². The molecule has 1 aromatic rings. The van der Waals surface area contributed by atoms with Gasteiger partial charge in [0, 0.05) is 11.6 Å². The van der Waals surface area contributed by atoms with Crippen molar-refractivity contribution in [1.29, 1.82) is 0 Å². The van der Waals surface area contributed by atoms with Crippen LogP contribution >= 0.6 is 0 Å². The minimum Gasteiger partial charge on any atom is -0.454 e. The van der Waals surface area contributed by atoms with Gasteiger partial charge >= 0.3 is 0 Å². The first-order valence-corrected chi connectivity index (χ1v) is 9.01. The number of hydrogen-bond donors (Lipinski definition) is 0. The number of fused-ring (bicyclic) bond motifs is 3. The van der Waals surface area contributed by atoms with Gasteiger partial charge < -0.3 is 14.4 Å². The number of nitrogens with zero attached hydrogens (tertiary/aromatic N) is 1. The molecule has 2 saturated carbocycles. The Morgan fingerprint density at radius 3 is 2.64 bits per heavy atom. The Balaban J connectivity index is 1.28. The smallest absolute Gasteiger partial charge is 0.231 e. The lowest BCUT2D eigenvalue weighted by molar-refractivity contribution is 0.110. The average molecular weight is 299 g/mol. The van der Waals surface area contributed by atoms with Crippen LogP contribution in [-0.4, -0.2) is 30.8 Å². The van der Waals surface area contributed by atoms with E-state index in [0.29, 0.717) is 12.7 Å².